The van der Waals surface area contributed by atoms with Crippen molar-refractivity contribution in [1.29, 1.82) is 0 Å². The highest BCUT2D eigenvalue weighted by Crippen LogP contribution is 2.48. The van der Waals surface area contributed by atoms with E-state index in [2.05, 4.69) is 10.4 Å². The summed E-state index contributed by atoms with van der Waals surface area (Å²) in [6.45, 7) is 1.58. The van der Waals surface area contributed by atoms with Crippen LogP contribution in [-0.4, -0.2) is 27.4 Å². The summed E-state index contributed by atoms with van der Waals surface area (Å²) in [4.78, 5) is 25.3. The number of aryl methyl sites for hydroxylation is 1. The number of anilines is 1. The number of para-hydroxylation sites is 1. The molecule has 1 atom stereocenters. The molecule has 0 spiro atoms. The molecule has 11 heteroatoms. The van der Waals surface area contributed by atoms with Gasteiger partial charge in [0.2, 0.25) is 0 Å². The van der Waals surface area contributed by atoms with E-state index in [4.69, 9.17) is 4.74 Å². The van der Waals surface area contributed by atoms with Crippen molar-refractivity contribution in [3.8, 4) is 5.75 Å². The summed E-state index contributed by atoms with van der Waals surface area (Å²) in [7, 11) is 1.40. The number of benzene rings is 1. The zero-order valence-corrected chi connectivity index (χ0v) is 18.4. The minimum absolute atomic E-state index is 0.0244. The number of hydrogen-bond acceptors (Lipinski definition) is 5. The van der Waals surface area contributed by atoms with Crippen molar-refractivity contribution < 1.29 is 22.3 Å². The highest BCUT2D eigenvalue weighted by Gasteiger charge is 2.53. The van der Waals surface area contributed by atoms with Crippen LogP contribution >= 0.6 is 0 Å². The quantitative estimate of drug-likeness (QED) is 0.563. The van der Waals surface area contributed by atoms with Crippen LogP contribution in [-0.2, 0) is 18.5 Å². The first-order valence-electron chi connectivity index (χ1n) is 10.9. The predicted molar refractivity (Wildman–Crippen MR) is 117 cm³/mol. The molecule has 0 amide bonds. The Morgan fingerprint density at radius 1 is 1.15 bits per heavy atom. The Bertz CT molecular complexity index is 1410. The number of alkyl halides is 4. The first-order valence-corrected chi connectivity index (χ1v) is 10.9. The summed E-state index contributed by atoms with van der Waals surface area (Å²) in [5.74, 6) is -2.78. The van der Waals surface area contributed by atoms with Crippen molar-refractivity contribution in [2.45, 2.75) is 50.1 Å². The second kappa shape index (κ2) is 7.57. The minimum Gasteiger partial charge on any atom is -0.492 e. The van der Waals surface area contributed by atoms with Gasteiger partial charge in [-0.3, -0.25) is 9.59 Å². The lowest BCUT2D eigenvalue weighted by Gasteiger charge is -2.29. The summed E-state index contributed by atoms with van der Waals surface area (Å²) in [6, 6.07) is 4.93. The van der Waals surface area contributed by atoms with Gasteiger partial charge in [-0.15, -0.1) is 0 Å². The Hall–Kier alpha value is -3.37. The Labute approximate surface area is 191 Å². The molecule has 1 N–H and O–H groups in total. The summed E-state index contributed by atoms with van der Waals surface area (Å²) in [5.41, 5.74) is -2.59. The number of fused-ring (bicyclic) bond motifs is 2. The maximum Gasteiger partial charge on any atom is 0.280 e. The number of halogens is 4. The van der Waals surface area contributed by atoms with Crippen LogP contribution in [0.4, 0.5) is 23.4 Å². The van der Waals surface area contributed by atoms with E-state index in [1.807, 2.05) is 0 Å². The number of nitrogens with zero attached hydrogens (tertiary/aromatic N) is 3. The van der Waals surface area contributed by atoms with Crippen LogP contribution in [0.5, 0.6) is 5.75 Å². The molecule has 1 unspecified atom stereocenters. The second-order valence-corrected chi connectivity index (χ2v) is 8.88. The molecule has 1 saturated carbocycles. The Kier molecular flexibility index (Phi) is 4.99. The monoisotopic (exact) mass is 478 g/mol. The Balaban J connectivity index is 1.62. The molecule has 1 aliphatic carbocycles. The molecule has 2 aromatic heterocycles. The van der Waals surface area contributed by atoms with Crippen LogP contribution in [0.25, 0.3) is 10.8 Å². The highest BCUT2D eigenvalue weighted by atomic mass is 19.3. The molecule has 3 heterocycles. The van der Waals surface area contributed by atoms with Gasteiger partial charge in [-0.2, -0.15) is 5.10 Å². The smallest absolute Gasteiger partial charge is 0.280 e. The van der Waals surface area contributed by atoms with Gasteiger partial charge in [0.05, 0.1) is 30.0 Å². The van der Waals surface area contributed by atoms with Crippen LogP contribution in [0.3, 0.4) is 0 Å². The lowest BCUT2D eigenvalue weighted by atomic mass is 9.96. The summed E-state index contributed by atoms with van der Waals surface area (Å²) in [6.07, 6.45) is -1.62. The molecule has 0 radical (unpaired) electrons. The van der Waals surface area contributed by atoms with E-state index in [9.17, 15) is 27.2 Å². The largest absolute Gasteiger partial charge is 0.492 e. The molecular formula is C23H22F4N4O3. The van der Waals surface area contributed by atoms with Gasteiger partial charge in [-0.1, -0.05) is 12.1 Å². The van der Waals surface area contributed by atoms with Crippen molar-refractivity contribution >= 4 is 16.6 Å². The predicted octanol–water partition coefficient (Wildman–Crippen LogP) is 3.90. The lowest BCUT2D eigenvalue weighted by molar-refractivity contribution is -0.0408. The van der Waals surface area contributed by atoms with Gasteiger partial charge in [-0.05, 0) is 25.8 Å². The molecule has 2 aliphatic rings. The van der Waals surface area contributed by atoms with Gasteiger partial charge in [-0.25, -0.2) is 22.2 Å². The van der Waals surface area contributed by atoms with Gasteiger partial charge in [0, 0.05) is 30.3 Å². The second-order valence-electron chi connectivity index (χ2n) is 8.88. The number of pyridine rings is 1. The summed E-state index contributed by atoms with van der Waals surface area (Å²) in [5, 5.41) is 7.54. The first-order chi connectivity index (χ1) is 16.0. The number of aromatic nitrogens is 3. The molecule has 7 nitrogen and oxygen atoms in total. The normalized spacial score (nSPS) is 18.9. The molecule has 0 saturated heterocycles. The topological polar surface area (TPSA) is 78.2 Å². The van der Waals surface area contributed by atoms with Gasteiger partial charge in [0.1, 0.15) is 11.3 Å². The maximum atomic E-state index is 14.4. The van der Waals surface area contributed by atoms with Crippen molar-refractivity contribution in [3.63, 3.8) is 0 Å². The van der Waals surface area contributed by atoms with E-state index in [0.717, 1.165) is 15.3 Å². The van der Waals surface area contributed by atoms with Crippen molar-refractivity contribution in [2.75, 3.05) is 11.9 Å². The first kappa shape index (κ1) is 22.4. The fourth-order valence-corrected chi connectivity index (χ4v) is 4.51. The minimum atomic E-state index is -3.02. The Morgan fingerprint density at radius 2 is 1.88 bits per heavy atom. The molecule has 3 aromatic rings. The third-order valence-corrected chi connectivity index (χ3v) is 6.65. The van der Waals surface area contributed by atoms with Crippen molar-refractivity contribution in [1.82, 2.24) is 14.3 Å². The van der Waals surface area contributed by atoms with E-state index in [-0.39, 0.29) is 47.4 Å². The van der Waals surface area contributed by atoms with Gasteiger partial charge < -0.3 is 14.6 Å². The number of rotatable bonds is 5. The van der Waals surface area contributed by atoms with Crippen LogP contribution in [0.2, 0.25) is 0 Å². The van der Waals surface area contributed by atoms with Gasteiger partial charge in [0.25, 0.3) is 23.5 Å². The summed E-state index contributed by atoms with van der Waals surface area (Å²) < 4.78 is 63.8. The fourth-order valence-electron chi connectivity index (χ4n) is 4.51. The number of ether oxygens (including phenoxy) is 1. The van der Waals surface area contributed by atoms with E-state index < -0.39 is 41.5 Å². The Morgan fingerprint density at radius 3 is 2.56 bits per heavy atom. The van der Waals surface area contributed by atoms with E-state index in [1.165, 1.54) is 25.4 Å². The summed E-state index contributed by atoms with van der Waals surface area (Å²) >= 11 is 0. The third-order valence-electron chi connectivity index (χ3n) is 6.65. The molecule has 1 aliphatic heterocycles. The average Bonchev–Trinajstić information content (AvgIpc) is 3.58. The number of hydrogen-bond donors (Lipinski definition) is 1. The molecule has 0 bridgehead atoms. The van der Waals surface area contributed by atoms with E-state index in [1.54, 1.807) is 13.0 Å². The average molecular weight is 478 g/mol. The number of nitrogens with one attached hydrogen (secondary N) is 1. The van der Waals surface area contributed by atoms with Gasteiger partial charge in [0.15, 0.2) is 5.82 Å². The fraction of sp³-hybridized carbons (Fsp3) is 0.435. The maximum absolute atomic E-state index is 14.4. The van der Waals surface area contributed by atoms with Crippen LogP contribution in [0.1, 0.15) is 43.4 Å². The molecule has 5 rings (SSSR count). The lowest BCUT2D eigenvalue weighted by Crippen LogP contribution is -2.36. The standard InChI is InChI=1S/C23H22F4N4O3/c1-12(13-4-3-5-16-18(13)34-9-8-23(16,26)27)28-19-15-11-31(22(6-7-22)21(24)25)17(32)10-14(15)20(33)30(2)29-19/h3-5,10-12,21H,6-9H2,1-2H3,(H,28,29). The van der Waals surface area contributed by atoms with Gasteiger partial charge >= 0.3 is 0 Å². The molecule has 1 aromatic carbocycles. The zero-order valence-electron chi connectivity index (χ0n) is 18.4. The van der Waals surface area contributed by atoms with E-state index >= 15 is 0 Å². The highest BCUT2D eigenvalue weighted by molar-refractivity contribution is 5.90. The molecule has 1 fully saturated rings. The van der Waals surface area contributed by atoms with Crippen LogP contribution < -0.4 is 21.2 Å². The van der Waals surface area contributed by atoms with Crippen molar-refractivity contribution in [2.24, 2.45) is 7.05 Å². The van der Waals surface area contributed by atoms with E-state index in [0.29, 0.717) is 5.56 Å². The third kappa shape index (κ3) is 3.36. The molecule has 34 heavy (non-hydrogen) atoms. The molecule has 180 valence electrons. The molecular weight excluding hydrogens is 456 g/mol. The SMILES string of the molecule is CC(Nc1nn(C)c(=O)c2cc(=O)n(C3(C(F)F)CC3)cc12)c1cccc2c1OCCC2(F)F. The zero-order chi connectivity index (χ0) is 24.4. The van der Waals surface area contributed by atoms with Crippen molar-refractivity contribution in [3.05, 3.63) is 62.3 Å². The van der Waals surface area contributed by atoms with Crippen LogP contribution in [0, 0.1) is 0 Å². The van der Waals surface area contributed by atoms with Crippen LogP contribution in [0.15, 0.2) is 40.1 Å².